The van der Waals surface area contributed by atoms with Crippen molar-refractivity contribution in [1.29, 1.82) is 0 Å². The maximum atomic E-state index is 12.6. The van der Waals surface area contributed by atoms with E-state index in [9.17, 15) is 19.2 Å². The number of nitrogens with zero attached hydrogens (tertiary/aromatic N) is 1. The van der Waals surface area contributed by atoms with E-state index < -0.39 is 29.9 Å². The lowest BCUT2D eigenvalue weighted by Crippen LogP contribution is -2.45. The van der Waals surface area contributed by atoms with Crippen molar-refractivity contribution in [2.75, 3.05) is 26.9 Å². The maximum absolute atomic E-state index is 12.6. The molecule has 0 fully saturated rings. The lowest BCUT2D eigenvalue weighted by molar-refractivity contribution is -0.139. The highest BCUT2D eigenvalue weighted by Gasteiger charge is 2.32. The van der Waals surface area contributed by atoms with Crippen molar-refractivity contribution in [2.45, 2.75) is 33.7 Å². The highest BCUT2D eigenvalue weighted by molar-refractivity contribution is 5.95. The number of hydrogen-bond donors (Lipinski definition) is 3. The van der Waals surface area contributed by atoms with Gasteiger partial charge >= 0.3 is 18.0 Å². The second-order valence-electron chi connectivity index (χ2n) is 8.52. The zero-order valence-electron chi connectivity index (χ0n) is 23.4. The molecular formula is C28H32N4O9. The molecule has 3 amide bonds. The minimum absolute atomic E-state index is 0.176. The first-order valence-corrected chi connectivity index (χ1v) is 12.7. The van der Waals surface area contributed by atoms with Crippen LogP contribution in [0.5, 0.6) is 23.0 Å². The van der Waals surface area contributed by atoms with Gasteiger partial charge in [-0.1, -0.05) is 6.07 Å². The predicted molar refractivity (Wildman–Crippen MR) is 147 cm³/mol. The van der Waals surface area contributed by atoms with Gasteiger partial charge < -0.3 is 34.3 Å². The standard InChI is InChI=1S/C28H32N4O9/c1-6-38-23-12-18(8-10-21(23)41-17(4)33)14-29-32-24(34)15-40-20-11-9-19(13-22(20)37-5)26-25(27(35)39-7-2)16(3)30-28(36)31-26/h8-14,26H,6-7,15H2,1-5H3,(H,32,34)(H2,30,31,36)/b29-14+/t26-/m1/s1. The third-order valence-corrected chi connectivity index (χ3v) is 5.57. The third kappa shape index (κ3) is 8.21. The minimum atomic E-state index is -0.783. The Morgan fingerprint density at radius 2 is 1.76 bits per heavy atom. The van der Waals surface area contributed by atoms with Crippen LogP contribution in [0.15, 0.2) is 52.8 Å². The number of carbonyl (C=O) groups excluding carboxylic acids is 4. The highest BCUT2D eigenvalue weighted by atomic mass is 16.6. The summed E-state index contributed by atoms with van der Waals surface area (Å²) in [6.07, 6.45) is 1.40. The lowest BCUT2D eigenvalue weighted by atomic mass is 9.95. The molecule has 1 aliphatic heterocycles. The molecule has 0 spiro atoms. The van der Waals surface area contributed by atoms with E-state index in [0.717, 1.165) is 0 Å². The van der Waals surface area contributed by atoms with Crippen molar-refractivity contribution in [3.63, 3.8) is 0 Å². The summed E-state index contributed by atoms with van der Waals surface area (Å²) in [4.78, 5) is 48.3. The van der Waals surface area contributed by atoms with Crippen LogP contribution in [0.2, 0.25) is 0 Å². The molecular weight excluding hydrogens is 536 g/mol. The normalized spacial score (nSPS) is 14.6. The molecule has 0 unspecified atom stereocenters. The predicted octanol–water partition coefficient (Wildman–Crippen LogP) is 2.74. The molecule has 0 aliphatic carbocycles. The molecule has 0 saturated carbocycles. The fourth-order valence-corrected chi connectivity index (χ4v) is 3.87. The fraction of sp³-hybridized carbons (Fsp3) is 0.321. The minimum Gasteiger partial charge on any atom is -0.493 e. The lowest BCUT2D eigenvalue weighted by Gasteiger charge is -2.28. The number of benzene rings is 2. The monoisotopic (exact) mass is 568 g/mol. The van der Waals surface area contributed by atoms with E-state index in [4.69, 9.17) is 23.7 Å². The zero-order valence-corrected chi connectivity index (χ0v) is 23.4. The van der Waals surface area contributed by atoms with Crippen LogP contribution in [0, 0.1) is 0 Å². The zero-order chi connectivity index (χ0) is 29.9. The van der Waals surface area contributed by atoms with E-state index >= 15 is 0 Å². The van der Waals surface area contributed by atoms with E-state index in [1.807, 2.05) is 0 Å². The number of ether oxygens (including phenoxy) is 5. The van der Waals surface area contributed by atoms with E-state index in [1.54, 1.807) is 57.2 Å². The van der Waals surface area contributed by atoms with Crippen molar-refractivity contribution in [3.8, 4) is 23.0 Å². The Morgan fingerprint density at radius 3 is 2.44 bits per heavy atom. The average molecular weight is 569 g/mol. The van der Waals surface area contributed by atoms with Gasteiger partial charge in [-0.2, -0.15) is 5.10 Å². The Bertz CT molecular complexity index is 1370. The smallest absolute Gasteiger partial charge is 0.338 e. The summed E-state index contributed by atoms with van der Waals surface area (Å²) in [5.74, 6) is -0.394. The van der Waals surface area contributed by atoms with Gasteiger partial charge in [0.05, 0.1) is 38.2 Å². The van der Waals surface area contributed by atoms with Crippen molar-refractivity contribution in [3.05, 3.63) is 58.8 Å². The molecule has 0 aromatic heterocycles. The number of carbonyl (C=O) groups is 4. The van der Waals surface area contributed by atoms with Crippen molar-refractivity contribution in [2.24, 2.45) is 5.10 Å². The first-order valence-electron chi connectivity index (χ1n) is 12.7. The van der Waals surface area contributed by atoms with Crippen molar-refractivity contribution in [1.82, 2.24) is 16.1 Å². The van der Waals surface area contributed by atoms with Crippen LogP contribution >= 0.6 is 0 Å². The summed E-state index contributed by atoms with van der Waals surface area (Å²) in [7, 11) is 1.42. The Hall–Kier alpha value is -5.07. The first-order chi connectivity index (χ1) is 19.7. The highest BCUT2D eigenvalue weighted by Crippen LogP contribution is 2.34. The molecule has 13 nitrogen and oxygen atoms in total. The van der Waals surface area contributed by atoms with Crippen molar-refractivity contribution < 1.29 is 42.9 Å². The Balaban J connectivity index is 1.66. The number of esters is 2. The topological polar surface area (TPSA) is 163 Å². The Kier molecular flexibility index (Phi) is 10.7. The fourth-order valence-electron chi connectivity index (χ4n) is 3.87. The van der Waals surface area contributed by atoms with Crippen LogP contribution in [0.4, 0.5) is 4.79 Å². The van der Waals surface area contributed by atoms with E-state index in [2.05, 4.69) is 21.2 Å². The molecule has 41 heavy (non-hydrogen) atoms. The van der Waals surface area contributed by atoms with E-state index in [0.29, 0.717) is 29.2 Å². The number of nitrogens with one attached hydrogen (secondary N) is 3. The van der Waals surface area contributed by atoms with Crippen LogP contribution in [-0.2, 0) is 19.1 Å². The number of rotatable bonds is 12. The van der Waals surface area contributed by atoms with Crippen LogP contribution in [-0.4, -0.2) is 57.0 Å². The summed E-state index contributed by atoms with van der Waals surface area (Å²) >= 11 is 0. The van der Waals surface area contributed by atoms with Gasteiger partial charge in [0.25, 0.3) is 5.91 Å². The number of amides is 3. The molecule has 2 aromatic carbocycles. The van der Waals surface area contributed by atoms with Gasteiger partial charge in [-0.05, 0) is 62.2 Å². The van der Waals surface area contributed by atoms with Crippen LogP contribution in [0.1, 0.15) is 44.9 Å². The number of hydrogen-bond acceptors (Lipinski definition) is 10. The summed E-state index contributed by atoms with van der Waals surface area (Å²) in [6.45, 7) is 6.56. The summed E-state index contributed by atoms with van der Waals surface area (Å²) in [5.41, 5.74) is 4.15. The quantitative estimate of drug-likeness (QED) is 0.151. The van der Waals surface area contributed by atoms with Gasteiger partial charge in [-0.3, -0.25) is 9.59 Å². The summed E-state index contributed by atoms with van der Waals surface area (Å²) in [5, 5.41) is 9.22. The van der Waals surface area contributed by atoms with Crippen molar-refractivity contribution >= 4 is 30.1 Å². The summed E-state index contributed by atoms with van der Waals surface area (Å²) < 4.78 is 26.8. The van der Waals surface area contributed by atoms with Crippen LogP contribution in [0.3, 0.4) is 0 Å². The Morgan fingerprint density at radius 1 is 1.00 bits per heavy atom. The molecule has 1 atom stereocenters. The molecule has 13 heteroatoms. The van der Waals surface area contributed by atoms with Gasteiger partial charge in [0.2, 0.25) is 0 Å². The van der Waals surface area contributed by atoms with Crippen LogP contribution < -0.4 is 35.0 Å². The van der Waals surface area contributed by atoms with Gasteiger partial charge in [0.15, 0.2) is 29.6 Å². The average Bonchev–Trinajstić information content (AvgIpc) is 2.92. The molecule has 0 radical (unpaired) electrons. The van der Waals surface area contributed by atoms with Gasteiger partial charge in [-0.15, -0.1) is 0 Å². The molecule has 3 N–H and O–H groups in total. The molecule has 218 valence electrons. The first kappa shape index (κ1) is 30.5. The number of hydrazone groups is 1. The van der Waals surface area contributed by atoms with Gasteiger partial charge in [-0.25, -0.2) is 15.0 Å². The molecule has 1 heterocycles. The third-order valence-electron chi connectivity index (χ3n) is 5.57. The largest absolute Gasteiger partial charge is 0.493 e. The van der Waals surface area contributed by atoms with Crippen LogP contribution in [0.25, 0.3) is 0 Å². The Labute approximate surface area is 236 Å². The molecule has 0 bridgehead atoms. The SMILES string of the molecule is CCOC(=O)C1=C(C)NC(=O)N[C@@H]1c1ccc(OCC(=O)N/N=C/c2ccc(OC(C)=O)c(OCC)c2)c(OC)c1. The molecule has 3 rings (SSSR count). The number of urea groups is 1. The molecule has 0 saturated heterocycles. The summed E-state index contributed by atoms with van der Waals surface area (Å²) in [6, 6.07) is 8.40. The molecule has 1 aliphatic rings. The van der Waals surface area contributed by atoms with E-state index in [-0.39, 0.29) is 36.0 Å². The van der Waals surface area contributed by atoms with E-state index in [1.165, 1.54) is 20.2 Å². The second kappa shape index (κ2) is 14.4. The van der Waals surface area contributed by atoms with Gasteiger partial charge in [0.1, 0.15) is 0 Å². The second-order valence-corrected chi connectivity index (χ2v) is 8.52. The van der Waals surface area contributed by atoms with Gasteiger partial charge in [0, 0.05) is 12.6 Å². The number of allylic oxidation sites excluding steroid dienone is 1. The molecule has 2 aromatic rings. The number of methoxy groups -OCH3 is 1. The maximum Gasteiger partial charge on any atom is 0.338 e.